The van der Waals surface area contributed by atoms with Gasteiger partial charge >= 0.3 is 6.09 Å². The second-order valence-corrected chi connectivity index (χ2v) is 15.4. The van der Waals surface area contributed by atoms with Gasteiger partial charge in [-0.3, -0.25) is 4.68 Å². The van der Waals surface area contributed by atoms with Gasteiger partial charge in [-0.2, -0.15) is 10.1 Å². The molecule has 2 aliphatic rings. The second kappa shape index (κ2) is 16.0. The molecule has 2 atom stereocenters. The van der Waals surface area contributed by atoms with Crippen molar-refractivity contribution in [2.75, 3.05) is 32.7 Å². The first-order valence-electron chi connectivity index (χ1n) is 18.8. The number of amides is 1. The Kier molecular flexibility index (Phi) is 11.0. The lowest BCUT2D eigenvalue weighted by Gasteiger charge is -2.39. The van der Waals surface area contributed by atoms with E-state index in [0.29, 0.717) is 43.9 Å². The molecule has 10 heteroatoms. The van der Waals surface area contributed by atoms with E-state index in [1.165, 1.54) is 10.5 Å². The van der Waals surface area contributed by atoms with E-state index in [0.717, 1.165) is 65.8 Å². The molecule has 0 spiro atoms. The first-order chi connectivity index (χ1) is 25.6. The summed E-state index contributed by atoms with van der Waals surface area (Å²) in [7, 11) is 1.98. The average molecular weight is 720 g/mol. The molecule has 0 aliphatic carbocycles. The van der Waals surface area contributed by atoms with Crippen LogP contribution >= 0.6 is 0 Å². The van der Waals surface area contributed by atoms with Gasteiger partial charge in [-0.25, -0.2) is 9.18 Å². The molecule has 0 unspecified atom stereocenters. The van der Waals surface area contributed by atoms with E-state index in [2.05, 4.69) is 23.1 Å². The maximum Gasteiger partial charge on any atom is 0.410 e. The van der Waals surface area contributed by atoms with Gasteiger partial charge < -0.3 is 24.0 Å². The lowest BCUT2D eigenvalue weighted by Crippen LogP contribution is -2.50. The van der Waals surface area contributed by atoms with Crippen molar-refractivity contribution in [3.05, 3.63) is 108 Å². The lowest BCUT2D eigenvalue weighted by molar-refractivity contribution is 0.000720. The average Bonchev–Trinajstić information content (AvgIpc) is 3.49. The molecule has 4 heterocycles. The quantitative estimate of drug-likeness (QED) is 0.143. The summed E-state index contributed by atoms with van der Waals surface area (Å²) in [5, 5.41) is 6.01. The zero-order valence-electron chi connectivity index (χ0n) is 31.2. The molecule has 7 rings (SSSR count). The van der Waals surface area contributed by atoms with E-state index in [9.17, 15) is 4.79 Å². The van der Waals surface area contributed by atoms with Gasteiger partial charge in [0.25, 0.3) is 0 Å². The van der Waals surface area contributed by atoms with E-state index in [1.54, 1.807) is 0 Å². The van der Waals surface area contributed by atoms with Crippen LogP contribution in [0.5, 0.6) is 11.8 Å². The molecular formula is C43H50FN5O4. The molecule has 0 radical (unpaired) electrons. The van der Waals surface area contributed by atoms with Crippen LogP contribution in [0.25, 0.3) is 22.2 Å². The van der Waals surface area contributed by atoms with Crippen molar-refractivity contribution in [2.24, 2.45) is 13.0 Å². The first kappa shape index (κ1) is 36.4. The number of carbonyl (C=O) groups excluding carboxylic acids is 1. The normalized spacial score (nSPS) is 18.6. The molecular weight excluding hydrogens is 670 g/mol. The van der Waals surface area contributed by atoms with E-state index in [1.807, 2.05) is 105 Å². The summed E-state index contributed by atoms with van der Waals surface area (Å²) < 4.78 is 35.1. The van der Waals surface area contributed by atoms with Crippen LogP contribution in [0.1, 0.15) is 62.6 Å². The summed E-state index contributed by atoms with van der Waals surface area (Å²) in [6.45, 7) is 9.48. The van der Waals surface area contributed by atoms with Gasteiger partial charge in [0.1, 0.15) is 30.7 Å². The fraction of sp³-hybridized carbons (Fsp3) is 0.419. The number of alkyl halides is 1. The summed E-state index contributed by atoms with van der Waals surface area (Å²) in [5.41, 5.74) is 5.49. The van der Waals surface area contributed by atoms with Crippen molar-refractivity contribution in [2.45, 2.75) is 70.9 Å². The summed E-state index contributed by atoms with van der Waals surface area (Å²) in [5.74, 6) is 1.30. The van der Waals surface area contributed by atoms with Gasteiger partial charge in [0.15, 0.2) is 0 Å². The molecule has 3 aromatic carbocycles. The summed E-state index contributed by atoms with van der Waals surface area (Å²) in [6, 6.07) is 30.6. The van der Waals surface area contributed by atoms with Crippen LogP contribution in [0.15, 0.2) is 91.0 Å². The monoisotopic (exact) mass is 719 g/mol. The number of halogens is 1. The largest absolute Gasteiger partial charge is 0.473 e. The molecule has 0 bridgehead atoms. The van der Waals surface area contributed by atoms with Crippen molar-refractivity contribution in [1.82, 2.24) is 24.6 Å². The Morgan fingerprint density at radius 1 is 0.849 bits per heavy atom. The predicted octanol–water partition coefficient (Wildman–Crippen LogP) is 8.57. The fourth-order valence-electron chi connectivity index (χ4n) is 7.41. The van der Waals surface area contributed by atoms with E-state index < -0.39 is 17.9 Å². The Balaban J connectivity index is 1.02. The minimum absolute atomic E-state index is 0.0741. The molecule has 2 saturated heterocycles. The van der Waals surface area contributed by atoms with Crippen LogP contribution in [-0.2, 0) is 25.0 Å². The first-order valence-corrected chi connectivity index (χ1v) is 18.8. The van der Waals surface area contributed by atoms with Crippen molar-refractivity contribution < 1.29 is 23.4 Å². The number of carbonyl (C=O) groups is 1. The van der Waals surface area contributed by atoms with Gasteiger partial charge in [-0.1, -0.05) is 72.8 Å². The number of aromatic nitrogens is 3. The van der Waals surface area contributed by atoms with Crippen LogP contribution in [0.3, 0.4) is 0 Å². The van der Waals surface area contributed by atoms with Crippen LogP contribution in [0.4, 0.5) is 9.18 Å². The molecule has 2 aliphatic heterocycles. The molecule has 2 aromatic heterocycles. The summed E-state index contributed by atoms with van der Waals surface area (Å²) in [6.07, 6.45) is 1.20. The molecule has 53 heavy (non-hydrogen) atoms. The fourth-order valence-corrected chi connectivity index (χ4v) is 7.41. The maximum atomic E-state index is 15.3. The minimum Gasteiger partial charge on any atom is -0.473 e. The minimum atomic E-state index is -1.05. The van der Waals surface area contributed by atoms with Crippen LogP contribution < -0.4 is 9.47 Å². The number of fused-ring (bicyclic) bond motifs is 1. The molecule has 278 valence electrons. The van der Waals surface area contributed by atoms with Crippen molar-refractivity contribution in [3.63, 3.8) is 0 Å². The van der Waals surface area contributed by atoms with Crippen LogP contribution in [0, 0.1) is 5.92 Å². The number of ether oxygens (including phenoxy) is 3. The van der Waals surface area contributed by atoms with Crippen molar-refractivity contribution >= 4 is 17.0 Å². The third-order valence-electron chi connectivity index (χ3n) is 10.3. The Morgan fingerprint density at radius 3 is 2.19 bits per heavy atom. The number of likely N-dealkylation sites (tertiary alicyclic amines) is 2. The molecule has 5 aromatic rings. The standard InChI is InChI=1S/C43H50FN5O4/c1-43(2,3)53-42(50)49-24-21-34(37(44)27-49)26-48-22-19-32(20-23-48)33-15-16-35-38(25-33)47(4)46-40(35)36-17-18-39(51-28-30-11-7-5-8-12-30)45-41(36)52-29-31-13-9-6-10-14-31/h5-18,25,32,34,37H,19-24,26-29H2,1-4H3/t34-,37-/m0/s1. The van der Waals surface area contributed by atoms with Gasteiger partial charge in [0.2, 0.25) is 11.8 Å². The van der Waals surface area contributed by atoms with E-state index >= 15 is 4.39 Å². The lowest BCUT2D eigenvalue weighted by atomic mass is 9.87. The molecule has 2 fully saturated rings. The van der Waals surface area contributed by atoms with E-state index in [-0.39, 0.29) is 12.5 Å². The van der Waals surface area contributed by atoms with Gasteiger partial charge in [-0.05, 0) is 87.9 Å². The topological polar surface area (TPSA) is 82.0 Å². The summed E-state index contributed by atoms with van der Waals surface area (Å²) >= 11 is 0. The molecule has 0 saturated carbocycles. The Bertz CT molecular complexity index is 1990. The Morgan fingerprint density at radius 2 is 1.53 bits per heavy atom. The molecule has 0 N–H and O–H groups in total. The molecule has 9 nitrogen and oxygen atoms in total. The van der Waals surface area contributed by atoms with Crippen molar-refractivity contribution in [1.29, 1.82) is 0 Å². The third-order valence-corrected chi connectivity index (χ3v) is 10.3. The van der Waals surface area contributed by atoms with Crippen LogP contribution in [0.2, 0.25) is 0 Å². The van der Waals surface area contributed by atoms with E-state index in [4.69, 9.17) is 24.3 Å². The van der Waals surface area contributed by atoms with Crippen LogP contribution in [-0.4, -0.2) is 75.2 Å². The van der Waals surface area contributed by atoms with Gasteiger partial charge in [0, 0.05) is 37.5 Å². The number of hydrogen-bond donors (Lipinski definition) is 0. The number of piperidine rings is 2. The zero-order chi connectivity index (χ0) is 37.0. The number of aryl methyl sites for hydroxylation is 1. The third kappa shape index (κ3) is 8.99. The Labute approximate surface area is 311 Å². The number of nitrogens with zero attached hydrogens (tertiary/aromatic N) is 5. The highest BCUT2D eigenvalue weighted by Gasteiger charge is 2.35. The Hall–Kier alpha value is -4.96. The highest BCUT2D eigenvalue weighted by Crippen LogP contribution is 2.38. The van der Waals surface area contributed by atoms with Crippen molar-refractivity contribution in [3.8, 4) is 23.0 Å². The number of pyridine rings is 1. The second-order valence-electron chi connectivity index (χ2n) is 15.4. The zero-order valence-corrected chi connectivity index (χ0v) is 31.2. The highest BCUT2D eigenvalue weighted by molar-refractivity contribution is 5.95. The number of hydrogen-bond acceptors (Lipinski definition) is 7. The predicted molar refractivity (Wildman–Crippen MR) is 205 cm³/mol. The highest BCUT2D eigenvalue weighted by atomic mass is 19.1. The maximum absolute atomic E-state index is 15.3. The number of benzene rings is 3. The molecule has 1 amide bonds. The number of rotatable bonds is 10. The summed E-state index contributed by atoms with van der Waals surface area (Å²) in [4.78, 5) is 21.2. The smallest absolute Gasteiger partial charge is 0.410 e. The van der Waals surface area contributed by atoms with Gasteiger partial charge in [-0.15, -0.1) is 0 Å². The van der Waals surface area contributed by atoms with Gasteiger partial charge in [0.05, 0.1) is 17.6 Å². The SMILES string of the molecule is Cn1nc(-c2ccc(OCc3ccccc3)nc2OCc2ccccc2)c2ccc(C3CCN(C[C@@H]4CCN(C(=O)OC(C)(C)C)C[C@@H]4F)CC3)cc21.